The third kappa shape index (κ3) is 2.62. The predicted octanol–water partition coefficient (Wildman–Crippen LogP) is 0.720. The van der Waals surface area contributed by atoms with Crippen molar-refractivity contribution in [3.8, 4) is 0 Å². The molecule has 3 aliphatic rings. The number of nitrogens with one attached hydrogen (secondary N) is 1. The molecule has 1 N–H and O–H groups in total. The molecule has 0 unspecified atom stereocenters. The predicted molar refractivity (Wildman–Crippen MR) is 83.4 cm³/mol. The van der Waals surface area contributed by atoms with Gasteiger partial charge in [-0.15, -0.1) is 0 Å². The molecule has 0 amide bonds. The Balaban J connectivity index is 1.26. The molecule has 0 bridgehead atoms. The Hall–Kier alpha value is -0.910. The first kappa shape index (κ1) is 13.7. The maximum absolute atomic E-state index is 4.53. The monoisotopic (exact) mass is 289 g/mol. The van der Waals surface area contributed by atoms with E-state index in [1.165, 1.54) is 82.0 Å². The van der Waals surface area contributed by atoms with Crippen LogP contribution in [0.25, 0.3) is 0 Å². The lowest BCUT2D eigenvalue weighted by molar-refractivity contribution is 0.00147. The number of aromatic amines is 1. The average molecular weight is 289 g/mol. The Labute approximate surface area is 127 Å². The standard InChI is InChI=1S/C16H27N5/c1-2-19-6-8-21(9-7-19)13-10-20(11-13)12-16-14-4-3-5-15(14)17-18-16/h13H,2-12H2,1H3,(H,17,18). The minimum absolute atomic E-state index is 0.788. The first-order chi connectivity index (χ1) is 10.3. The van der Waals surface area contributed by atoms with Crippen molar-refractivity contribution in [1.82, 2.24) is 24.9 Å². The molecule has 1 aliphatic carbocycles. The van der Waals surface area contributed by atoms with Crippen molar-refractivity contribution in [2.75, 3.05) is 45.8 Å². The van der Waals surface area contributed by atoms with E-state index in [4.69, 9.17) is 0 Å². The molecule has 0 saturated carbocycles. The highest BCUT2D eigenvalue weighted by Crippen LogP contribution is 2.26. The topological polar surface area (TPSA) is 38.4 Å². The van der Waals surface area contributed by atoms with E-state index in [1.807, 2.05) is 0 Å². The van der Waals surface area contributed by atoms with Gasteiger partial charge < -0.3 is 4.90 Å². The number of hydrogen-bond acceptors (Lipinski definition) is 4. The van der Waals surface area contributed by atoms with Crippen LogP contribution in [0, 0.1) is 0 Å². The number of H-pyrrole nitrogens is 1. The summed E-state index contributed by atoms with van der Waals surface area (Å²) in [7, 11) is 0. The minimum atomic E-state index is 0.788. The number of aromatic nitrogens is 2. The van der Waals surface area contributed by atoms with E-state index >= 15 is 0 Å². The summed E-state index contributed by atoms with van der Waals surface area (Å²) in [6.07, 6.45) is 3.74. The van der Waals surface area contributed by atoms with Crippen molar-refractivity contribution in [2.24, 2.45) is 0 Å². The summed E-state index contributed by atoms with van der Waals surface area (Å²) < 4.78 is 0. The summed E-state index contributed by atoms with van der Waals surface area (Å²) in [6.45, 7) is 12.0. The molecule has 2 aliphatic heterocycles. The number of hydrogen-bond donors (Lipinski definition) is 1. The molecule has 3 heterocycles. The number of rotatable bonds is 4. The van der Waals surface area contributed by atoms with Crippen molar-refractivity contribution in [3.63, 3.8) is 0 Å². The third-order valence-corrected chi connectivity index (χ3v) is 5.57. The highest BCUT2D eigenvalue weighted by Gasteiger charge is 2.34. The Morgan fingerprint density at radius 1 is 1.10 bits per heavy atom. The van der Waals surface area contributed by atoms with E-state index in [0.29, 0.717) is 0 Å². The van der Waals surface area contributed by atoms with Gasteiger partial charge in [0.2, 0.25) is 0 Å². The average Bonchev–Trinajstić information content (AvgIpc) is 3.07. The van der Waals surface area contributed by atoms with Crippen LogP contribution >= 0.6 is 0 Å². The van der Waals surface area contributed by atoms with Crippen molar-refractivity contribution in [3.05, 3.63) is 17.0 Å². The van der Waals surface area contributed by atoms with Gasteiger partial charge in [0.15, 0.2) is 0 Å². The Bertz CT molecular complexity index is 483. The van der Waals surface area contributed by atoms with Gasteiger partial charge in [0.1, 0.15) is 0 Å². The molecular formula is C16H27N5. The Morgan fingerprint density at radius 3 is 2.67 bits per heavy atom. The van der Waals surface area contributed by atoms with Crippen molar-refractivity contribution in [1.29, 1.82) is 0 Å². The smallest absolute Gasteiger partial charge is 0.0797 e. The van der Waals surface area contributed by atoms with E-state index in [9.17, 15) is 0 Å². The SMILES string of the molecule is CCN1CCN(C2CN(Cc3n[nH]c4c3CCC4)C2)CC1. The van der Waals surface area contributed by atoms with Crippen molar-refractivity contribution in [2.45, 2.75) is 38.8 Å². The molecule has 0 aromatic carbocycles. The van der Waals surface area contributed by atoms with Crippen molar-refractivity contribution >= 4 is 0 Å². The summed E-state index contributed by atoms with van der Waals surface area (Å²) in [5.74, 6) is 0. The van der Waals surface area contributed by atoms with Gasteiger partial charge >= 0.3 is 0 Å². The highest BCUT2D eigenvalue weighted by molar-refractivity contribution is 5.29. The van der Waals surface area contributed by atoms with Crippen LogP contribution < -0.4 is 0 Å². The van der Waals surface area contributed by atoms with Crippen LogP contribution in [0.2, 0.25) is 0 Å². The molecule has 116 valence electrons. The van der Waals surface area contributed by atoms with Crippen LogP contribution in [-0.4, -0.2) is 76.8 Å². The maximum Gasteiger partial charge on any atom is 0.0797 e. The lowest BCUT2D eigenvalue weighted by Crippen LogP contribution is -2.62. The number of likely N-dealkylation sites (N-methyl/N-ethyl adjacent to an activating group) is 1. The van der Waals surface area contributed by atoms with Gasteiger partial charge in [0.25, 0.3) is 0 Å². The van der Waals surface area contributed by atoms with Crippen LogP contribution in [0.4, 0.5) is 0 Å². The molecule has 21 heavy (non-hydrogen) atoms. The van der Waals surface area contributed by atoms with Crippen LogP contribution in [0.15, 0.2) is 0 Å². The second-order valence-electron chi connectivity index (χ2n) is 6.80. The molecule has 5 heteroatoms. The number of piperazine rings is 1. The normalized spacial score (nSPS) is 25.2. The molecule has 0 spiro atoms. The second kappa shape index (κ2) is 5.71. The Kier molecular flexibility index (Phi) is 3.73. The quantitative estimate of drug-likeness (QED) is 0.886. The molecule has 2 saturated heterocycles. The minimum Gasteiger partial charge on any atom is -0.301 e. The number of aryl methyl sites for hydroxylation is 1. The number of fused-ring (bicyclic) bond motifs is 1. The largest absolute Gasteiger partial charge is 0.301 e. The van der Waals surface area contributed by atoms with E-state index in [-0.39, 0.29) is 0 Å². The molecule has 4 rings (SSSR count). The highest BCUT2D eigenvalue weighted by atomic mass is 15.4. The molecule has 2 fully saturated rings. The van der Waals surface area contributed by atoms with Gasteiger partial charge in [-0.05, 0) is 31.4 Å². The molecular weight excluding hydrogens is 262 g/mol. The fourth-order valence-electron chi connectivity index (χ4n) is 4.08. The van der Waals surface area contributed by atoms with Gasteiger partial charge in [-0.1, -0.05) is 6.92 Å². The zero-order chi connectivity index (χ0) is 14.2. The van der Waals surface area contributed by atoms with Gasteiger partial charge in [-0.3, -0.25) is 14.9 Å². The summed E-state index contributed by atoms with van der Waals surface area (Å²) in [6, 6.07) is 0.788. The summed E-state index contributed by atoms with van der Waals surface area (Å²) in [5.41, 5.74) is 4.24. The molecule has 0 radical (unpaired) electrons. The number of likely N-dealkylation sites (tertiary alicyclic amines) is 1. The van der Waals surface area contributed by atoms with E-state index in [2.05, 4.69) is 31.8 Å². The van der Waals surface area contributed by atoms with E-state index in [0.717, 1.165) is 12.6 Å². The second-order valence-corrected chi connectivity index (χ2v) is 6.80. The molecule has 1 aromatic rings. The fraction of sp³-hybridized carbons (Fsp3) is 0.812. The zero-order valence-electron chi connectivity index (χ0n) is 13.1. The third-order valence-electron chi connectivity index (χ3n) is 5.57. The van der Waals surface area contributed by atoms with Crippen LogP contribution in [0.1, 0.15) is 30.3 Å². The molecule has 1 aromatic heterocycles. The van der Waals surface area contributed by atoms with Gasteiger partial charge in [-0.2, -0.15) is 5.10 Å². The van der Waals surface area contributed by atoms with E-state index < -0.39 is 0 Å². The van der Waals surface area contributed by atoms with Gasteiger partial charge in [0, 0.05) is 57.5 Å². The van der Waals surface area contributed by atoms with E-state index in [1.54, 1.807) is 0 Å². The summed E-state index contributed by atoms with van der Waals surface area (Å²) in [5, 5.41) is 7.76. The number of nitrogens with zero attached hydrogens (tertiary/aromatic N) is 4. The first-order valence-corrected chi connectivity index (χ1v) is 8.57. The lowest BCUT2D eigenvalue weighted by atomic mass is 10.0. The lowest BCUT2D eigenvalue weighted by Gasteiger charge is -2.48. The Morgan fingerprint density at radius 2 is 1.90 bits per heavy atom. The first-order valence-electron chi connectivity index (χ1n) is 8.57. The summed E-state index contributed by atoms with van der Waals surface area (Å²) >= 11 is 0. The van der Waals surface area contributed by atoms with Crippen molar-refractivity contribution < 1.29 is 0 Å². The van der Waals surface area contributed by atoms with Gasteiger partial charge in [-0.25, -0.2) is 0 Å². The van der Waals surface area contributed by atoms with Crippen LogP contribution in [0.3, 0.4) is 0 Å². The van der Waals surface area contributed by atoms with Gasteiger partial charge in [0.05, 0.1) is 5.69 Å². The molecule has 0 atom stereocenters. The van der Waals surface area contributed by atoms with Crippen LogP contribution in [0.5, 0.6) is 0 Å². The van der Waals surface area contributed by atoms with Crippen LogP contribution in [-0.2, 0) is 19.4 Å². The summed E-state index contributed by atoms with van der Waals surface area (Å²) in [4.78, 5) is 7.81. The zero-order valence-corrected chi connectivity index (χ0v) is 13.1. The maximum atomic E-state index is 4.53. The molecule has 5 nitrogen and oxygen atoms in total. The fourth-order valence-corrected chi connectivity index (χ4v) is 4.08.